The van der Waals surface area contributed by atoms with Crippen LogP contribution >= 0.6 is 0 Å². The lowest BCUT2D eigenvalue weighted by Gasteiger charge is -2.16. The molecule has 1 heteroatoms. The van der Waals surface area contributed by atoms with Crippen molar-refractivity contribution in [3.05, 3.63) is 28.8 Å². The highest BCUT2D eigenvalue weighted by molar-refractivity contribution is 5.45. The van der Waals surface area contributed by atoms with E-state index in [1.165, 1.54) is 61.6 Å². The van der Waals surface area contributed by atoms with Crippen LogP contribution in [0.3, 0.4) is 0 Å². The van der Waals surface area contributed by atoms with E-state index >= 15 is 0 Å². The van der Waals surface area contributed by atoms with Crippen molar-refractivity contribution in [1.29, 1.82) is 0 Å². The van der Waals surface area contributed by atoms with Crippen LogP contribution in [-0.2, 0) is 19.3 Å². The predicted molar refractivity (Wildman–Crippen MR) is 88.6 cm³/mol. The van der Waals surface area contributed by atoms with Crippen molar-refractivity contribution in [3.8, 4) is 5.75 Å². The molecule has 0 fully saturated rings. The summed E-state index contributed by atoms with van der Waals surface area (Å²) in [5.74, 6) is 0.521. The Labute approximate surface area is 125 Å². The average molecular weight is 276 g/mol. The quantitative estimate of drug-likeness (QED) is 0.535. The average Bonchev–Trinajstić information content (AvgIpc) is 2.46. The number of benzene rings is 1. The Morgan fingerprint density at radius 3 is 1.95 bits per heavy atom. The van der Waals surface area contributed by atoms with Crippen LogP contribution in [0.1, 0.15) is 82.4 Å². The van der Waals surface area contributed by atoms with Crippen LogP contribution in [0.25, 0.3) is 0 Å². The highest BCUT2D eigenvalue weighted by Crippen LogP contribution is 2.29. The fourth-order valence-electron chi connectivity index (χ4n) is 2.83. The Morgan fingerprint density at radius 1 is 0.700 bits per heavy atom. The fourth-order valence-corrected chi connectivity index (χ4v) is 2.83. The van der Waals surface area contributed by atoms with Gasteiger partial charge < -0.3 is 5.11 Å². The van der Waals surface area contributed by atoms with Gasteiger partial charge in [0.1, 0.15) is 5.75 Å². The second-order valence-corrected chi connectivity index (χ2v) is 5.87. The van der Waals surface area contributed by atoms with Gasteiger partial charge in [-0.15, -0.1) is 0 Å². The Balaban J connectivity index is 2.95. The number of hydrogen-bond acceptors (Lipinski definition) is 1. The van der Waals surface area contributed by atoms with Gasteiger partial charge in [0, 0.05) is 0 Å². The van der Waals surface area contributed by atoms with E-state index in [-0.39, 0.29) is 0 Å². The van der Waals surface area contributed by atoms with E-state index in [9.17, 15) is 5.11 Å². The summed E-state index contributed by atoms with van der Waals surface area (Å²) in [7, 11) is 0. The number of rotatable bonds is 10. The zero-order valence-electron chi connectivity index (χ0n) is 13.7. The smallest absolute Gasteiger partial charge is 0.119 e. The van der Waals surface area contributed by atoms with Crippen LogP contribution in [0.5, 0.6) is 5.75 Å². The third kappa shape index (κ3) is 5.19. The second kappa shape index (κ2) is 9.85. The largest absolute Gasteiger partial charge is 0.508 e. The third-order valence-corrected chi connectivity index (χ3v) is 4.11. The maximum absolute atomic E-state index is 10.2. The predicted octanol–water partition coefficient (Wildman–Crippen LogP) is 5.81. The third-order valence-electron chi connectivity index (χ3n) is 4.11. The monoisotopic (exact) mass is 276 g/mol. The minimum atomic E-state index is 0.521. The molecule has 0 radical (unpaired) electrons. The molecule has 1 nitrogen and oxygen atoms in total. The van der Waals surface area contributed by atoms with Gasteiger partial charge in [-0.2, -0.15) is 0 Å². The van der Waals surface area contributed by atoms with Crippen molar-refractivity contribution < 1.29 is 5.11 Å². The van der Waals surface area contributed by atoms with Crippen LogP contribution in [0.15, 0.2) is 12.1 Å². The van der Waals surface area contributed by atoms with E-state index in [0.717, 1.165) is 19.3 Å². The molecule has 0 bridgehead atoms. The van der Waals surface area contributed by atoms with E-state index in [1.54, 1.807) is 0 Å². The molecule has 0 atom stereocenters. The minimum Gasteiger partial charge on any atom is -0.508 e. The lowest BCUT2D eigenvalue weighted by molar-refractivity contribution is 0.464. The summed E-state index contributed by atoms with van der Waals surface area (Å²) in [6.07, 6.45) is 12.0. The van der Waals surface area contributed by atoms with E-state index in [4.69, 9.17) is 0 Å². The Morgan fingerprint density at radius 2 is 1.30 bits per heavy atom. The molecule has 0 unspecified atom stereocenters. The summed E-state index contributed by atoms with van der Waals surface area (Å²) < 4.78 is 0. The van der Waals surface area contributed by atoms with Gasteiger partial charge in [-0.25, -0.2) is 0 Å². The van der Waals surface area contributed by atoms with Crippen LogP contribution in [0, 0.1) is 0 Å². The zero-order valence-corrected chi connectivity index (χ0v) is 13.7. The van der Waals surface area contributed by atoms with Crippen molar-refractivity contribution >= 4 is 0 Å². The molecule has 114 valence electrons. The molecule has 0 aliphatic heterocycles. The Bertz CT molecular complexity index is 382. The first-order valence-corrected chi connectivity index (χ1v) is 8.57. The van der Waals surface area contributed by atoms with E-state index in [1.807, 2.05) is 6.07 Å². The van der Waals surface area contributed by atoms with Gasteiger partial charge in [0.25, 0.3) is 0 Å². The van der Waals surface area contributed by atoms with Crippen LogP contribution in [0.4, 0.5) is 0 Å². The van der Waals surface area contributed by atoms with E-state index in [0.29, 0.717) is 5.75 Å². The maximum Gasteiger partial charge on any atom is 0.119 e. The van der Waals surface area contributed by atoms with Crippen LogP contribution in [-0.4, -0.2) is 5.11 Å². The van der Waals surface area contributed by atoms with Gasteiger partial charge in [0.2, 0.25) is 0 Å². The number of aromatic hydroxyl groups is 1. The Hall–Kier alpha value is -0.980. The summed E-state index contributed by atoms with van der Waals surface area (Å²) in [6, 6.07) is 4.07. The van der Waals surface area contributed by atoms with Crippen molar-refractivity contribution in [2.45, 2.75) is 85.0 Å². The number of phenolic OH excluding ortho intramolecular Hbond substituents is 1. The summed E-state index contributed by atoms with van der Waals surface area (Å²) in [5, 5.41) is 10.2. The van der Waals surface area contributed by atoms with Gasteiger partial charge in [0.05, 0.1) is 0 Å². The lowest BCUT2D eigenvalue weighted by atomic mass is 9.90. The summed E-state index contributed by atoms with van der Waals surface area (Å²) in [6.45, 7) is 6.72. The lowest BCUT2D eigenvalue weighted by Crippen LogP contribution is -2.02. The second-order valence-electron chi connectivity index (χ2n) is 5.87. The number of phenols is 1. The van der Waals surface area contributed by atoms with Crippen molar-refractivity contribution in [1.82, 2.24) is 0 Å². The van der Waals surface area contributed by atoms with Gasteiger partial charge >= 0.3 is 0 Å². The first kappa shape index (κ1) is 17.1. The molecule has 0 amide bonds. The molecule has 0 aliphatic rings. The summed E-state index contributed by atoms with van der Waals surface area (Å²) in [4.78, 5) is 0. The van der Waals surface area contributed by atoms with Crippen molar-refractivity contribution in [3.63, 3.8) is 0 Å². The highest BCUT2D eigenvalue weighted by Gasteiger charge is 2.12. The molecule has 0 aliphatic carbocycles. The molecule has 0 spiro atoms. The first-order chi connectivity index (χ1) is 9.74. The first-order valence-electron chi connectivity index (χ1n) is 8.57. The van der Waals surface area contributed by atoms with Crippen LogP contribution < -0.4 is 0 Å². The van der Waals surface area contributed by atoms with Gasteiger partial charge in [0.15, 0.2) is 0 Å². The minimum absolute atomic E-state index is 0.521. The van der Waals surface area contributed by atoms with Crippen molar-refractivity contribution in [2.75, 3.05) is 0 Å². The molecule has 1 N–H and O–H groups in total. The molecular weight excluding hydrogens is 244 g/mol. The standard InChI is InChI=1S/C19H32O/c1-4-7-10-13-18-17(12-9-6-3)16(11-8-5-2)14-15-19(18)20/h14-15,20H,4-13H2,1-3H3. The zero-order chi connectivity index (χ0) is 14.8. The molecule has 0 saturated heterocycles. The highest BCUT2D eigenvalue weighted by atomic mass is 16.3. The molecule has 1 aromatic rings. The summed E-state index contributed by atoms with van der Waals surface area (Å²) in [5.41, 5.74) is 4.17. The van der Waals surface area contributed by atoms with Gasteiger partial charge in [-0.3, -0.25) is 0 Å². The normalized spacial score (nSPS) is 10.9. The maximum atomic E-state index is 10.2. The van der Waals surface area contributed by atoms with E-state index < -0.39 is 0 Å². The van der Waals surface area contributed by atoms with Gasteiger partial charge in [-0.1, -0.05) is 52.5 Å². The Kier molecular flexibility index (Phi) is 8.41. The molecule has 1 aromatic carbocycles. The molecule has 0 heterocycles. The van der Waals surface area contributed by atoms with Gasteiger partial charge in [-0.05, 0) is 61.3 Å². The topological polar surface area (TPSA) is 20.2 Å². The van der Waals surface area contributed by atoms with Crippen molar-refractivity contribution in [2.24, 2.45) is 0 Å². The SMILES string of the molecule is CCCCCc1c(O)ccc(CCCC)c1CCCC. The molecular formula is C19H32O. The molecule has 20 heavy (non-hydrogen) atoms. The molecule has 0 aromatic heterocycles. The number of hydrogen-bond donors (Lipinski definition) is 1. The fraction of sp³-hybridized carbons (Fsp3) is 0.684. The van der Waals surface area contributed by atoms with E-state index in [2.05, 4.69) is 26.8 Å². The molecule has 0 saturated carbocycles. The number of unbranched alkanes of at least 4 members (excludes halogenated alkanes) is 4. The molecule has 1 rings (SSSR count). The number of aryl methyl sites for hydroxylation is 1. The van der Waals surface area contributed by atoms with Crippen LogP contribution in [0.2, 0.25) is 0 Å². The summed E-state index contributed by atoms with van der Waals surface area (Å²) >= 11 is 0.